The van der Waals surface area contributed by atoms with E-state index in [1.165, 1.54) is 212 Å². The maximum absolute atomic E-state index is 13.0. The second-order valence-corrected chi connectivity index (χ2v) is 23.4. The second-order valence-electron chi connectivity index (χ2n) is 23.4. The van der Waals surface area contributed by atoms with Crippen molar-refractivity contribution in [3.8, 4) is 0 Å². The molecule has 6 nitrogen and oxygen atoms in total. The Morgan fingerprint density at radius 1 is 0.259 bits per heavy atom. The summed E-state index contributed by atoms with van der Waals surface area (Å²) in [6.07, 6.45) is 91.7. The summed E-state index contributed by atoms with van der Waals surface area (Å²) in [7, 11) is 0. The standard InChI is InChI=1S/C75H132O6/c1-4-7-10-13-16-19-22-25-28-31-33-35-36-37-38-40-41-44-47-50-53-56-59-62-65-68-74(77)80-71-72(70-79-73(76)67-64-61-58-55-52-49-46-43-30-27-24-21-18-15-12-9-6-3)81-75(78)69-66-63-60-57-54-51-48-45-42-39-34-32-29-26-23-20-17-14-11-8-5-2/h9,12,18,21-22,25,27,30-34,46,49,72H,4-8,10-11,13-17,19-20,23-24,26,28-29,35-45,47-48,50-71H2,1-3H3/b12-9-,21-18-,25-22-,30-27-,33-31-,34-32-,49-46-. The Hall–Kier alpha value is -3.41. The zero-order chi connectivity index (χ0) is 58.5. The van der Waals surface area contributed by atoms with Crippen LogP contribution in [0.4, 0.5) is 0 Å². The fourth-order valence-electron chi connectivity index (χ4n) is 10.1. The Labute approximate surface area is 503 Å². The minimum atomic E-state index is -0.790. The van der Waals surface area contributed by atoms with E-state index >= 15 is 0 Å². The Morgan fingerprint density at radius 3 is 0.765 bits per heavy atom. The van der Waals surface area contributed by atoms with Crippen LogP contribution in [0, 0.1) is 0 Å². The lowest BCUT2D eigenvalue weighted by Gasteiger charge is -2.18. The highest BCUT2D eigenvalue weighted by atomic mass is 16.6. The van der Waals surface area contributed by atoms with Crippen LogP contribution in [0.2, 0.25) is 0 Å². The number of hydrogen-bond acceptors (Lipinski definition) is 6. The van der Waals surface area contributed by atoms with E-state index in [0.717, 1.165) is 103 Å². The zero-order valence-electron chi connectivity index (χ0n) is 53.8. The number of carbonyl (C=O) groups excluding carboxylic acids is 3. The van der Waals surface area contributed by atoms with Crippen molar-refractivity contribution < 1.29 is 28.6 Å². The van der Waals surface area contributed by atoms with Crippen molar-refractivity contribution in [2.45, 2.75) is 361 Å². The number of ether oxygens (including phenoxy) is 3. The van der Waals surface area contributed by atoms with E-state index in [9.17, 15) is 14.4 Å². The van der Waals surface area contributed by atoms with Crippen molar-refractivity contribution in [1.82, 2.24) is 0 Å². The van der Waals surface area contributed by atoms with Gasteiger partial charge in [-0.05, 0) is 116 Å². The fourth-order valence-corrected chi connectivity index (χ4v) is 10.1. The molecular formula is C75H132O6. The van der Waals surface area contributed by atoms with Gasteiger partial charge in [0.15, 0.2) is 6.10 Å². The average molecular weight is 1130 g/mol. The minimum absolute atomic E-state index is 0.0838. The van der Waals surface area contributed by atoms with Crippen molar-refractivity contribution in [1.29, 1.82) is 0 Å². The maximum atomic E-state index is 13.0. The Bertz CT molecular complexity index is 1530. The molecule has 0 radical (unpaired) electrons. The van der Waals surface area contributed by atoms with E-state index in [4.69, 9.17) is 14.2 Å². The van der Waals surface area contributed by atoms with Crippen LogP contribution in [0.3, 0.4) is 0 Å². The maximum Gasteiger partial charge on any atom is 0.306 e. The summed E-state index contributed by atoms with van der Waals surface area (Å²) in [6.45, 7) is 6.54. The van der Waals surface area contributed by atoms with Crippen LogP contribution in [0.1, 0.15) is 355 Å². The predicted molar refractivity (Wildman–Crippen MR) is 353 cm³/mol. The minimum Gasteiger partial charge on any atom is -0.462 e. The first-order chi connectivity index (χ1) is 40.0. The lowest BCUT2D eigenvalue weighted by molar-refractivity contribution is -0.167. The monoisotopic (exact) mass is 1130 g/mol. The highest BCUT2D eigenvalue weighted by molar-refractivity contribution is 5.71. The van der Waals surface area contributed by atoms with Crippen molar-refractivity contribution >= 4 is 17.9 Å². The van der Waals surface area contributed by atoms with Gasteiger partial charge in [-0.3, -0.25) is 14.4 Å². The van der Waals surface area contributed by atoms with E-state index in [2.05, 4.69) is 106 Å². The fraction of sp³-hybridized carbons (Fsp3) is 0.773. The number of hydrogen-bond donors (Lipinski definition) is 0. The van der Waals surface area contributed by atoms with Gasteiger partial charge in [-0.2, -0.15) is 0 Å². The van der Waals surface area contributed by atoms with Crippen LogP contribution in [-0.4, -0.2) is 37.2 Å². The summed E-state index contributed by atoms with van der Waals surface area (Å²) in [5.74, 6) is -0.894. The van der Waals surface area contributed by atoms with Crippen LogP contribution >= 0.6 is 0 Å². The first-order valence-corrected chi connectivity index (χ1v) is 35.1. The molecule has 0 aromatic carbocycles. The Kier molecular flexibility index (Phi) is 66.2. The van der Waals surface area contributed by atoms with Crippen molar-refractivity contribution in [3.63, 3.8) is 0 Å². The molecule has 1 unspecified atom stereocenters. The van der Waals surface area contributed by atoms with E-state index in [0.29, 0.717) is 19.3 Å². The molecule has 6 heteroatoms. The summed E-state index contributed by atoms with van der Waals surface area (Å²) in [5, 5.41) is 0. The molecule has 0 aliphatic heterocycles. The molecule has 0 aliphatic rings. The smallest absolute Gasteiger partial charge is 0.306 e. The number of unbranched alkanes of at least 4 members (excludes halogenated alkanes) is 39. The quantitative estimate of drug-likeness (QED) is 0.0261. The number of carbonyl (C=O) groups is 3. The van der Waals surface area contributed by atoms with Crippen LogP contribution in [0.15, 0.2) is 85.1 Å². The zero-order valence-corrected chi connectivity index (χ0v) is 53.8. The SMILES string of the molecule is CC/C=C\C/C=C\C/C=C\C/C=C\CCCCCCC(=O)OCC(COC(=O)CCCCCCCCCCCCCCC/C=C\C/C=C\CCCCCCC)OC(=O)CCCCCCCCCCC/C=C\CCCCCCCCCC. The van der Waals surface area contributed by atoms with Gasteiger partial charge in [0.25, 0.3) is 0 Å². The number of rotatable bonds is 64. The van der Waals surface area contributed by atoms with E-state index in [1.54, 1.807) is 0 Å². The third-order valence-corrected chi connectivity index (χ3v) is 15.4. The topological polar surface area (TPSA) is 78.9 Å². The van der Waals surface area contributed by atoms with Crippen LogP contribution in [0.5, 0.6) is 0 Å². The van der Waals surface area contributed by atoms with Crippen LogP contribution in [-0.2, 0) is 28.6 Å². The molecule has 0 aliphatic carbocycles. The van der Waals surface area contributed by atoms with Gasteiger partial charge in [0.1, 0.15) is 13.2 Å². The van der Waals surface area contributed by atoms with Gasteiger partial charge < -0.3 is 14.2 Å². The van der Waals surface area contributed by atoms with Crippen molar-refractivity contribution in [2.75, 3.05) is 13.2 Å². The second kappa shape index (κ2) is 69.1. The molecule has 0 saturated heterocycles. The van der Waals surface area contributed by atoms with Gasteiger partial charge in [0.05, 0.1) is 0 Å². The molecule has 468 valence electrons. The van der Waals surface area contributed by atoms with E-state index in [1.807, 2.05) is 0 Å². The first kappa shape index (κ1) is 77.6. The largest absolute Gasteiger partial charge is 0.462 e. The molecule has 0 saturated carbocycles. The number of esters is 3. The molecule has 0 fully saturated rings. The lowest BCUT2D eigenvalue weighted by atomic mass is 10.0. The van der Waals surface area contributed by atoms with Crippen LogP contribution < -0.4 is 0 Å². The normalized spacial score (nSPS) is 12.6. The predicted octanol–water partition coefficient (Wildman–Crippen LogP) is 24.2. The average Bonchev–Trinajstić information content (AvgIpc) is 3.47. The molecule has 0 amide bonds. The summed E-state index contributed by atoms with van der Waals surface area (Å²) in [4.78, 5) is 38.5. The molecule has 0 heterocycles. The highest BCUT2D eigenvalue weighted by Gasteiger charge is 2.19. The molecular weight excluding hydrogens is 997 g/mol. The molecule has 1 atom stereocenters. The van der Waals surface area contributed by atoms with Crippen molar-refractivity contribution in [3.05, 3.63) is 85.1 Å². The van der Waals surface area contributed by atoms with Gasteiger partial charge >= 0.3 is 17.9 Å². The van der Waals surface area contributed by atoms with Gasteiger partial charge in [-0.15, -0.1) is 0 Å². The third-order valence-electron chi connectivity index (χ3n) is 15.4. The molecule has 0 bridgehead atoms. The summed E-state index contributed by atoms with van der Waals surface area (Å²) < 4.78 is 17.0. The summed E-state index contributed by atoms with van der Waals surface area (Å²) in [6, 6.07) is 0. The molecule has 0 N–H and O–H groups in total. The molecule has 0 aromatic heterocycles. The first-order valence-electron chi connectivity index (χ1n) is 35.1. The van der Waals surface area contributed by atoms with Gasteiger partial charge in [-0.25, -0.2) is 0 Å². The van der Waals surface area contributed by atoms with Gasteiger partial charge in [0.2, 0.25) is 0 Å². The Morgan fingerprint density at radius 2 is 0.481 bits per heavy atom. The highest BCUT2D eigenvalue weighted by Crippen LogP contribution is 2.17. The Balaban J connectivity index is 4.36. The van der Waals surface area contributed by atoms with E-state index in [-0.39, 0.29) is 31.1 Å². The third kappa shape index (κ3) is 67.3. The van der Waals surface area contributed by atoms with Gasteiger partial charge in [0, 0.05) is 19.3 Å². The molecule has 81 heavy (non-hydrogen) atoms. The lowest BCUT2D eigenvalue weighted by Crippen LogP contribution is -2.30. The number of allylic oxidation sites excluding steroid dienone is 14. The van der Waals surface area contributed by atoms with Crippen molar-refractivity contribution in [2.24, 2.45) is 0 Å². The summed E-state index contributed by atoms with van der Waals surface area (Å²) in [5.41, 5.74) is 0. The molecule has 0 aromatic rings. The van der Waals surface area contributed by atoms with Gasteiger partial charge in [-0.1, -0.05) is 305 Å². The van der Waals surface area contributed by atoms with E-state index < -0.39 is 6.10 Å². The summed E-state index contributed by atoms with van der Waals surface area (Å²) >= 11 is 0. The molecule has 0 spiro atoms. The molecule has 0 rings (SSSR count). The van der Waals surface area contributed by atoms with Crippen LogP contribution in [0.25, 0.3) is 0 Å².